The Morgan fingerprint density at radius 1 is 1.47 bits per heavy atom. The van der Waals surface area contributed by atoms with E-state index < -0.39 is 15.9 Å². The molecule has 0 aliphatic heterocycles. The van der Waals surface area contributed by atoms with E-state index in [1.54, 1.807) is 19.1 Å². The van der Waals surface area contributed by atoms with Crippen LogP contribution in [0.25, 0.3) is 0 Å². The monoisotopic (exact) mass is 259 g/mol. The zero-order chi connectivity index (χ0) is 13.1. The predicted molar refractivity (Wildman–Crippen MR) is 64.8 cm³/mol. The molecule has 0 amide bonds. The summed E-state index contributed by atoms with van der Waals surface area (Å²) in [5.74, 6) is 0.234. The fraction of sp³-hybridized carbons (Fsp3) is 0.455. The number of ether oxygens (including phenoxy) is 1. The van der Waals surface area contributed by atoms with Crippen LogP contribution in [0, 0.1) is 6.92 Å². The molecule has 96 valence electrons. The van der Waals surface area contributed by atoms with Crippen LogP contribution in [0.1, 0.15) is 5.56 Å². The zero-order valence-corrected chi connectivity index (χ0v) is 10.7. The average molecular weight is 259 g/mol. The molecule has 6 heteroatoms. The van der Waals surface area contributed by atoms with Crippen LogP contribution in [0.4, 0.5) is 0 Å². The molecular formula is C11H17NO4S. The summed E-state index contributed by atoms with van der Waals surface area (Å²) in [4.78, 5) is 0.200. The van der Waals surface area contributed by atoms with Crippen molar-refractivity contribution in [3.63, 3.8) is 0 Å². The number of aryl methyl sites for hydroxylation is 1. The second-order valence-corrected chi connectivity index (χ2v) is 5.81. The minimum Gasteiger partial charge on any atom is -0.497 e. The second-order valence-electron chi connectivity index (χ2n) is 3.80. The molecule has 1 atom stereocenters. The number of methoxy groups -OCH3 is 1. The number of sulfone groups is 1. The highest BCUT2D eigenvalue weighted by molar-refractivity contribution is 7.91. The van der Waals surface area contributed by atoms with Gasteiger partial charge in [-0.05, 0) is 30.7 Å². The highest BCUT2D eigenvalue weighted by Crippen LogP contribution is 2.22. The van der Waals surface area contributed by atoms with Gasteiger partial charge in [-0.2, -0.15) is 0 Å². The Labute approximate surface area is 101 Å². The topological polar surface area (TPSA) is 89.6 Å². The Hall–Kier alpha value is -1.11. The Balaban J connectivity index is 3.07. The first-order valence-electron chi connectivity index (χ1n) is 5.16. The van der Waals surface area contributed by atoms with Gasteiger partial charge in [-0.1, -0.05) is 0 Å². The number of benzene rings is 1. The minimum absolute atomic E-state index is 0.0750. The van der Waals surface area contributed by atoms with E-state index in [0.717, 1.165) is 0 Å². The van der Waals surface area contributed by atoms with Crippen molar-refractivity contribution in [2.45, 2.75) is 17.9 Å². The first-order valence-corrected chi connectivity index (χ1v) is 6.81. The van der Waals surface area contributed by atoms with Crippen LogP contribution in [0.2, 0.25) is 0 Å². The van der Waals surface area contributed by atoms with Crippen molar-refractivity contribution < 1.29 is 18.3 Å². The molecular weight excluding hydrogens is 242 g/mol. The van der Waals surface area contributed by atoms with Gasteiger partial charge in [0.2, 0.25) is 0 Å². The van der Waals surface area contributed by atoms with Crippen molar-refractivity contribution in [1.82, 2.24) is 0 Å². The van der Waals surface area contributed by atoms with Gasteiger partial charge in [0.1, 0.15) is 5.75 Å². The highest BCUT2D eigenvalue weighted by Gasteiger charge is 2.21. The number of hydrogen-bond donors (Lipinski definition) is 2. The lowest BCUT2D eigenvalue weighted by Crippen LogP contribution is -2.28. The van der Waals surface area contributed by atoms with Crippen LogP contribution < -0.4 is 10.5 Å². The molecule has 0 aromatic heterocycles. The molecule has 0 heterocycles. The largest absolute Gasteiger partial charge is 0.497 e. The van der Waals surface area contributed by atoms with Crippen LogP contribution in [0.15, 0.2) is 23.1 Å². The Morgan fingerprint density at radius 3 is 2.59 bits per heavy atom. The molecule has 0 saturated carbocycles. The van der Waals surface area contributed by atoms with Crippen LogP contribution in [-0.2, 0) is 9.84 Å². The molecule has 1 aromatic rings. The quantitative estimate of drug-likeness (QED) is 0.782. The maximum Gasteiger partial charge on any atom is 0.181 e. The molecule has 0 fully saturated rings. The predicted octanol–water partition coefficient (Wildman–Crippen LogP) is 0.0969. The van der Waals surface area contributed by atoms with Gasteiger partial charge >= 0.3 is 0 Å². The number of nitrogens with two attached hydrogens (primary N) is 1. The lowest BCUT2D eigenvalue weighted by Gasteiger charge is -2.11. The number of aliphatic hydroxyl groups is 1. The van der Waals surface area contributed by atoms with Crippen molar-refractivity contribution in [3.8, 4) is 5.75 Å². The van der Waals surface area contributed by atoms with E-state index in [1.807, 2.05) is 0 Å². The minimum atomic E-state index is -3.51. The van der Waals surface area contributed by atoms with E-state index in [-0.39, 0.29) is 17.2 Å². The van der Waals surface area contributed by atoms with Gasteiger partial charge in [-0.25, -0.2) is 8.42 Å². The first kappa shape index (κ1) is 14.0. The van der Waals surface area contributed by atoms with Gasteiger partial charge in [0.05, 0.1) is 23.9 Å². The summed E-state index contributed by atoms with van der Waals surface area (Å²) in [7, 11) is -2.00. The van der Waals surface area contributed by atoms with Crippen molar-refractivity contribution in [2.75, 3.05) is 19.4 Å². The smallest absolute Gasteiger partial charge is 0.181 e. The number of rotatable bonds is 5. The molecule has 17 heavy (non-hydrogen) atoms. The lowest BCUT2D eigenvalue weighted by atomic mass is 10.2. The molecule has 1 unspecified atom stereocenters. The number of aliphatic hydroxyl groups excluding tert-OH is 1. The third-order valence-electron chi connectivity index (χ3n) is 2.40. The maximum absolute atomic E-state index is 12.0. The zero-order valence-electron chi connectivity index (χ0n) is 9.88. The Bertz CT molecular complexity index is 484. The summed E-state index contributed by atoms with van der Waals surface area (Å²) < 4.78 is 28.9. The van der Waals surface area contributed by atoms with Crippen LogP contribution >= 0.6 is 0 Å². The highest BCUT2D eigenvalue weighted by atomic mass is 32.2. The third-order valence-corrected chi connectivity index (χ3v) is 4.35. The molecule has 0 saturated heterocycles. The average Bonchev–Trinajstić information content (AvgIpc) is 2.27. The van der Waals surface area contributed by atoms with Gasteiger partial charge < -0.3 is 15.6 Å². The standard InChI is InChI=1S/C11H17NO4S/c1-8-5-10(16-2)3-4-11(8)17(14,15)7-9(13)6-12/h3-5,9,13H,6-7,12H2,1-2H3. The molecule has 3 N–H and O–H groups in total. The van der Waals surface area contributed by atoms with Crippen molar-refractivity contribution in [3.05, 3.63) is 23.8 Å². The molecule has 1 rings (SSSR count). The van der Waals surface area contributed by atoms with Crippen molar-refractivity contribution >= 4 is 9.84 Å². The molecule has 0 radical (unpaired) electrons. The Kier molecular flexibility index (Phi) is 4.50. The normalized spacial score (nSPS) is 13.4. The summed E-state index contributed by atoms with van der Waals surface area (Å²) in [6.45, 7) is 1.61. The number of hydrogen-bond acceptors (Lipinski definition) is 5. The Morgan fingerprint density at radius 2 is 2.12 bits per heavy atom. The maximum atomic E-state index is 12.0. The van der Waals surface area contributed by atoms with Gasteiger partial charge in [-0.3, -0.25) is 0 Å². The third kappa shape index (κ3) is 3.42. The van der Waals surface area contributed by atoms with Gasteiger partial charge in [0, 0.05) is 6.54 Å². The van der Waals surface area contributed by atoms with E-state index in [0.29, 0.717) is 11.3 Å². The van der Waals surface area contributed by atoms with Crippen LogP contribution in [-0.4, -0.2) is 39.0 Å². The van der Waals surface area contributed by atoms with Crippen LogP contribution in [0.3, 0.4) is 0 Å². The fourth-order valence-corrected chi connectivity index (χ4v) is 3.16. The van der Waals surface area contributed by atoms with E-state index in [2.05, 4.69) is 0 Å². The summed E-state index contributed by atoms with van der Waals surface area (Å²) in [5.41, 5.74) is 5.80. The van der Waals surface area contributed by atoms with E-state index >= 15 is 0 Å². The summed E-state index contributed by atoms with van der Waals surface area (Å²) in [5, 5.41) is 9.32. The molecule has 0 aliphatic carbocycles. The van der Waals surface area contributed by atoms with Crippen molar-refractivity contribution in [2.24, 2.45) is 5.73 Å². The SMILES string of the molecule is COc1ccc(S(=O)(=O)CC(O)CN)c(C)c1. The van der Waals surface area contributed by atoms with E-state index in [4.69, 9.17) is 10.5 Å². The molecule has 0 aliphatic rings. The second kappa shape index (κ2) is 5.48. The van der Waals surface area contributed by atoms with Crippen LogP contribution in [0.5, 0.6) is 5.75 Å². The van der Waals surface area contributed by atoms with Crippen molar-refractivity contribution in [1.29, 1.82) is 0 Å². The summed E-state index contributed by atoms with van der Waals surface area (Å²) >= 11 is 0. The van der Waals surface area contributed by atoms with Gasteiger partial charge in [-0.15, -0.1) is 0 Å². The molecule has 0 bridgehead atoms. The molecule has 0 spiro atoms. The van der Waals surface area contributed by atoms with E-state index in [9.17, 15) is 13.5 Å². The van der Waals surface area contributed by atoms with Gasteiger partial charge in [0.15, 0.2) is 9.84 Å². The first-order chi connectivity index (χ1) is 7.90. The van der Waals surface area contributed by atoms with Gasteiger partial charge in [0.25, 0.3) is 0 Å². The summed E-state index contributed by atoms with van der Waals surface area (Å²) in [6.07, 6.45) is -1.04. The molecule has 1 aromatic carbocycles. The van der Waals surface area contributed by atoms with E-state index in [1.165, 1.54) is 13.2 Å². The lowest BCUT2D eigenvalue weighted by molar-refractivity contribution is 0.205. The fourth-order valence-electron chi connectivity index (χ4n) is 1.51. The molecule has 5 nitrogen and oxygen atoms in total. The summed E-state index contributed by atoms with van der Waals surface area (Å²) in [6, 6.07) is 4.70.